The molecule has 0 saturated carbocycles. The number of hydrogen-bond acceptors (Lipinski definition) is 3. The van der Waals surface area contributed by atoms with Gasteiger partial charge >= 0.3 is 0 Å². The lowest BCUT2D eigenvalue weighted by Crippen LogP contribution is -2.59. The molecule has 1 atom stereocenters. The molecule has 5 rings (SSSR count). The van der Waals surface area contributed by atoms with E-state index in [4.69, 9.17) is 0 Å². The number of anilines is 1. The molecule has 0 bridgehead atoms. The molecular formula is C27H34N2O. The summed E-state index contributed by atoms with van der Waals surface area (Å²) in [5, 5.41) is 0. The highest BCUT2D eigenvalue weighted by molar-refractivity contribution is 6.05. The smallest absolute Gasteiger partial charge is 0.183 e. The molecule has 3 heteroatoms. The van der Waals surface area contributed by atoms with Crippen molar-refractivity contribution in [2.75, 3.05) is 31.1 Å². The highest BCUT2D eigenvalue weighted by atomic mass is 16.1. The van der Waals surface area contributed by atoms with Crippen LogP contribution in [-0.2, 0) is 12.8 Å². The molecule has 158 valence electrons. The number of benzene rings is 2. The van der Waals surface area contributed by atoms with Crippen LogP contribution in [0.5, 0.6) is 0 Å². The molecule has 30 heavy (non-hydrogen) atoms. The van der Waals surface area contributed by atoms with Gasteiger partial charge in [-0.25, -0.2) is 0 Å². The van der Waals surface area contributed by atoms with E-state index in [0.717, 1.165) is 57.4 Å². The number of ketones is 1. The number of carbonyl (C=O) groups is 1. The van der Waals surface area contributed by atoms with Crippen molar-refractivity contribution in [1.82, 2.24) is 4.90 Å². The fourth-order valence-corrected chi connectivity index (χ4v) is 5.99. The van der Waals surface area contributed by atoms with Crippen molar-refractivity contribution >= 4 is 11.5 Å². The number of piperidine rings is 1. The van der Waals surface area contributed by atoms with Crippen molar-refractivity contribution in [2.45, 2.75) is 63.8 Å². The number of carbonyl (C=O) groups excluding carboxylic acids is 1. The number of hydrogen-bond donors (Lipinski definition) is 0. The third kappa shape index (κ3) is 3.47. The predicted molar refractivity (Wildman–Crippen MR) is 124 cm³/mol. The van der Waals surface area contributed by atoms with Gasteiger partial charge in [0.15, 0.2) is 5.78 Å². The first-order chi connectivity index (χ1) is 14.7. The minimum atomic E-state index is -0.275. The molecule has 3 nitrogen and oxygen atoms in total. The largest absolute Gasteiger partial charge is 0.372 e. The van der Waals surface area contributed by atoms with Crippen molar-refractivity contribution in [2.24, 2.45) is 0 Å². The second kappa shape index (κ2) is 8.19. The quantitative estimate of drug-likeness (QED) is 0.703. The summed E-state index contributed by atoms with van der Waals surface area (Å²) < 4.78 is 0. The van der Waals surface area contributed by atoms with Crippen molar-refractivity contribution in [1.29, 1.82) is 0 Å². The number of rotatable bonds is 4. The second-order valence-electron chi connectivity index (χ2n) is 9.52. The zero-order chi connectivity index (χ0) is 20.6. The highest BCUT2D eigenvalue weighted by Crippen LogP contribution is 2.41. The van der Waals surface area contributed by atoms with Gasteiger partial charge in [0, 0.05) is 30.9 Å². The zero-order valence-corrected chi connectivity index (χ0v) is 18.3. The first-order valence-electron chi connectivity index (χ1n) is 11.9. The number of fused-ring (bicyclic) bond motifs is 1. The first kappa shape index (κ1) is 19.8. The lowest BCUT2D eigenvalue weighted by atomic mass is 9.71. The molecule has 0 radical (unpaired) electrons. The van der Waals surface area contributed by atoms with Crippen LogP contribution in [0.15, 0.2) is 42.5 Å². The van der Waals surface area contributed by atoms with Crippen LogP contribution in [0.1, 0.15) is 65.6 Å². The van der Waals surface area contributed by atoms with Gasteiger partial charge in [-0.2, -0.15) is 0 Å². The summed E-state index contributed by atoms with van der Waals surface area (Å²) >= 11 is 0. The van der Waals surface area contributed by atoms with Gasteiger partial charge in [0.05, 0.1) is 5.54 Å². The Labute approximate surface area is 181 Å². The maximum Gasteiger partial charge on any atom is 0.183 e. The van der Waals surface area contributed by atoms with E-state index in [1.165, 1.54) is 48.1 Å². The summed E-state index contributed by atoms with van der Waals surface area (Å²) in [4.78, 5) is 18.9. The standard InChI is InChI=1S/C27H34N2O/c1-21-8-2-3-9-22(21)13-19-29-18-5-4-14-27(29)15-12-23-20-24(28-16-6-7-17-28)10-11-25(23)26(27)30/h2-3,8-11,20H,4-7,12-19H2,1H3. The zero-order valence-electron chi connectivity index (χ0n) is 18.3. The van der Waals surface area contributed by atoms with E-state index in [2.05, 4.69) is 59.2 Å². The monoisotopic (exact) mass is 402 g/mol. The lowest BCUT2D eigenvalue weighted by molar-refractivity contribution is 0.0298. The molecule has 1 spiro atoms. The van der Waals surface area contributed by atoms with Crippen molar-refractivity contribution < 1.29 is 4.79 Å². The van der Waals surface area contributed by atoms with E-state index in [1.54, 1.807) is 0 Å². The van der Waals surface area contributed by atoms with Gasteiger partial charge in [-0.3, -0.25) is 9.69 Å². The number of likely N-dealkylation sites (tertiary alicyclic amines) is 1. The average Bonchev–Trinajstić information content (AvgIpc) is 3.32. The number of Topliss-reactive ketones (excluding diaryl/α,β-unsaturated/α-hetero) is 1. The average molecular weight is 403 g/mol. The Kier molecular flexibility index (Phi) is 5.41. The topological polar surface area (TPSA) is 23.6 Å². The van der Waals surface area contributed by atoms with Crippen LogP contribution in [0, 0.1) is 6.92 Å². The summed E-state index contributed by atoms with van der Waals surface area (Å²) in [6.45, 7) is 6.55. The molecule has 2 aromatic rings. The minimum Gasteiger partial charge on any atom is -0.372 e. The van der Waals surface area contributed by atoms with Crippen LogP contribution in [0.4, 0.5) is 5.69 Å². The third-order valence-corrected chi connectivity index (χ3v) is 7.82. The Morgan fingerprint density at radius 1 is 0.933 bits per heavy atom. The Hall–Kier alpha value is -2.13. The van der Waals surface area contributed by atoms with E-state index in [1.807, 2.05) is 0 Å². The van der Waals surface area contributed by atoms with E-state index >= 15 is 0 Å². The summed E-state index contributed by atoms with van der Waals surface area (Å²) in [5.74, 6) is 0.390. The fourth-order valence-electron chi connectivity index (χ4n) is 5.99. The van der Waals surface area contributed by atoms with Gasteiger partial charge in [-0.05, 0) is 99.7 Å². The minimum absolute atomic E-state index is 0.275. The molecule has 2 fully saturated rings. The molecule has 1 aliphatic carbocycles. The Morgan fingerprint density at radius 2 is 1.73 bits per heavy atom. The maximum atomic E-state index is 13.9. The van der Waals surface area contributed by atoms with E-state index < -0.39 is 0 Å². The molecule has 2 saturated heterocycles. The van der Waals surface area contributed by atoms with E-state index in [0.29, 0.717) is 5.78 Å². The van der Waals surface area contributed by atoms with Crippen LogP contribution in [0.25, 0.3) is 0 Å². The lowest BCUT2D eigenvalue weighted by Gasteiger charge is -2.48. The Balaban J connectivity index is 1.38. The van der Waals surface area contributed by atoms with Crippen molar-refractivity contribution in [3.05, 3.63) is 64.7 Å². The third-order valence-electron chi connectivity index (χ3n) is 7.82. The number of aryl methyl sites for hydroxylation is 2. The Morgan fingerprint density at radius 3 is 2.57 bits per heavy atom. The van der Waals surface area contributed by atoms with Gasteiger partial charge in [0.25, 0.3) is 0 Å². The van der Waals surface area contributed by atoms with Gasteiger partial charge < -0.3 is 4.90 Å². The summed E-state index contributed by atoms with van der Waals surface area (Å²) in [5.41, 5.74) is 6.08. The molecule has 0 N–H and O–H groups in total. The van der Waals surface area contributed by atoms with Gasteiger partial charge in [-0.1, -0.05) is 24.3 Å². The molecule has 0 aromatic heterocycles. The number of nitrogens with zero attached hydrogens (tertiary/aromatic N) is 2. The molecule has 3 aliphatic rings. The summed E-state index contributed by atoms with van der Waals surface area (Å²) in [7, 11) is 0. The van der Waals surface area contributed by atoms with Crippen molar-refractivity contribution in [3.8, 4) is 0 Å². The van der Waals surface area contributed by atoms with Crippen LogP contribution in [0.2, 0.25) is 0 Å². The molecular weight excluding hydrogens is 368 g/mol. The van der Waals surface area contributed by atoms with Crippen LogP contribution in [0.3, 0.4) is 0 Å². The fraction of sp³-hybridized carbons (Fsp3) is 0.519. The van der Waals surface area contributed by atoms with Crippen LogP contribution < -0.4 is 4.90 Å². The van der Waals surface area contributed by atoms with Gasteiger partial charge in [0.1, 0.15) is 0 Å². The van der Waals surface area contributed by atoms with Gasteiger partial charge in [-0.15, -0.1) is 0 Å². The molecule has 0 amide bonds. The van der Waals surface area contributed by atoms with E-state index in [9.17, 15) is 4.79 Å². The highest BCUT2D eigenvalue weighted by Gasteiger charge is 2.47. The molecule has 1 unspecified atom stereocenters. The van der Waals surface area contributed by atoms with Crippen molar-refractivity contribution in [3.63, 3.8) is 0 Å². The first-order valence-corrected chi connectivity index (χ1v) is 11.9. The maximum absolute atomic E-state index is 13.9. The van der Waals surface area contributed by atoms with Gasteiger partial charge in [0.2, 0.25) is 0 Å². The van der Waals surface area contributed by atoms with Crippen LogP contribution >= 0.6 is 0 Å². The predicted octanol–water partition coefficient (Wildman–Crippen LogP) is 5.19. The molecule has 2 aromatic carbocycles. The molecule has 2 aliphatic heterocycles. The SMILES string of the molecule is Cc1ccccc1CCN1CCCCC12CCc1cc(N3CCCC3)ccc1C2=O. The summed E-state index contributed by atoms with van der Waals surface area (Å²) in [6.07, 6.45) is 9.02. The Bertz CT molecular complexity index is 930. The second-order valence-corrected chi connectivity index (χ2v) is 9.52. The van der Waals surface area contributed by atoms with Crippen LogP contribution in [-0.4, -0.2) is 42.4 Å². The molecule has 2 heterocycles. The van der Waals surface area contributed by atoms with E-state index in [-0.39, 0.29) is 5.54 Å². The summed E-state index contributed by atoms with van der Waals surface area (Å²) in [6, 6.07) is 15.3. The normalized spacial score (nSPS) is 24.4.